The standard InChI is InChI=1S/C25H35NO5/c1-5-6-7-10-26-24(27)29-14-25-13-28-23(22(18(25)4)16(2)11-17(25)3)19-8-9-20-21(12-19)31-15-30-20/h8-9,11-12,17-18,22-23H,5-7,10,13-15H2,1-4H3,(H,26,27)/t17-,18-,22+,23-,25+/m1/s1. The third kappa shape index (κ3) is 4.14. The fourth-order valence-electron chi connectivity index (χ4n) is 5.47. The molecule has 2 aliphatic heterocycles. The molecule has 1 aromatic carbocycles. The summed E-state index contributed by atoms with van der Waals surface area (Å²) in [5, 5.41) is 2.88. The van der Waals surface area contributed by atoms with Gasteiger partial charge in [-0.05, 0) is 42.9 Å². The number of nitrogens with one attached hydrogen (secondary N) is 1. The lowest BCUT2D eigenvalue weighted by atomic mass is 9.56. The third-order valence-electron chi connectivity index (χ3n) is 7.50. The first-order chi connectivity index (χ1) is 15.0. The number of alkyl carbamates (subject to hydrolysis) is 1. The number of unbranched alkanes of at least 4 members (excludes halogenated alkanes) is 2. The van der Waals surface area contributed by atoms with Crippen LogP contribution >= 0.6 is 0 Å². The molecular weight excluding hydrogens is 394 g/mol. The van der Waals surface area contributed by atoms with Crippen molar-refractivity contribution in [3.05, 3.63) is 35.4 Å². The van der Waals surface area contributed by atoms with Gasteiger partial charge in [0.1, 0.15) is 6.61 Å². The van der Waals surface area contributed by atoms with E-state index in [0.717, 1.165) is 36.3 Å². The molecule has 1 aliphatic carbocycles. The lowest BCUT2D eigenvalue weighted by molar-refractivity contribution is -0.165. The van der Waals surface area contributed by atoms with Crippen LogP contribution in [-0.2, 0) is 9.47 Å². The topological polar surface area (TPSA) is 66.0 Å². The number of carbonyl (C=O) groups excluding carboxylic acids is 1. The Morgan fingerprint density at radius 2 is 2.03 bits per heavy atom. The Bertz CT molecular complexity index is 837. The molecule has 0 radical (unpaired) electrons. The second-order valence-electron chi connectivity index (χ2n) is 9.30. The zero-order valence-electron chi connectivity index (χ0n) is 19.1. The average molecular weight is 430 g/mol. The number of carbonyl (C=O) groups is 1. The Kier molecular flexibility index (Phi) is 6.47. The van der Waals surface area contributed by atoms with Crippen molar-refractivity contribution < 1.29 is 23.7 Å². The Morgan fingerprint density at radius 3 is 2.84 bits per heavy atom. The third-order valence-corrected chi connectivity index (χ3v) is 7.50. The molecule has 0 unspecified atom stereocenters. The second-order valence-corrected chi connectivity index (χ2v) is 9.30. The highest BCUT2D eigenvalue weighted by Crippen LogP contribution is 2.56. The van der Waals surface area contributed by atoms with Crippen LogP contribution < -0.4 is 14.8 Å². The van der Waals surface area contributed by atoms with E-state index in [2.05, 4.69) is 45.2 Å². The largest absolute Gasteiger partial charge is 0.454 e. The minimum absolute atomic E-state index is 0.0516. The molecule has 0 aromatic heterocycles. The number of benzene rings is 1. The van der Waals surface area contributed by atoms with Gasteiger partial charge in [0, 0.05) is 17.9 Å². The van der Waals surface area contributed by atoms with Gasteiger partial charge in [0.05, 0.1) is 12.7 Å². The molecule has 170 valence electrons. The minimum Gasteiger partial charge on any atom is -0.454 e. The van der Waals surface area contributed by atoms with Crippen molar-refractivity contribution in [1.29, 1.82) is 0 Å². The van der Waals surface area contributed by atoms with E-state index in [4.69, 9.17) is 18.9 Å². The molecule has 6 heteroatoms. The van der Waals surface area contributed by atoms with Gasteiger partial charge in [-0.1, -0.05) is 51.3 Å². The molecule has 1 fully saturated rings. The Hall–Kier alpha value is -2.21. The van der Waals surface area contributed by atoms with Crippen LogP contribution in [0.2, 0.25) is 0 Å². The van der Waals surface area contributed by atoms with Crippen LogP contribution in [0.25, 0.3) is 0 Å². The highest BCUT2D eigenvalue weighted by Gasteiger charge is 2.54. The fourth-order valence-corrected chi connectivity index (χ4v) is 5.47. The van der Waals surface area contributed by atoms with E-state index in [0.29, 0.717) is 25.7 Å². The van der Waals surface area contributed by atoms with E-state index in [-0.39, 0.29) is 36.2 Å². The van der Waals surface area contributed by atoms with E-state index in [1.807, 2.05) is 12.1 Å². The molecule has 2 heterocycles. The summed E-state index contributed by atoms with van der Waals surface area (Å²) in [7, 11) is 0. The summed E-state index contributed by atoms with van der Waals surface area (Å²) >= 11 is 0. The number of hydrogen-bond donors (Lipinski definition) is 1. The minimum atomic E-state index is -0.328. The Balaban J connectivity index is 1.48. The summed E-state index contributed by atoms with van der Waals surface area (Å²) < 4.78 is 23.3. The van der Waals surface area contributed by atoms with Crippen LogP contribution in [0.3, 0.4) is 0 Å². The van der Waals surface area contributed by atoms with E-state index in [9.17, 15) is 4.79 Å². The lowest BCUT2D eigenvalue weighted by Crippen LogP contribution is -2.54. The predicted molar refractivity (Wildman–Crippen MR) is 118 cm³/mol. The maximum atomic E-state index is 12.3. The number of fused-ring (bicyclic) bond motifs is 3. The van der Waals surface area contributed by atoms with E-state index >= 15 is 0 Å². The van der Waals surface area contributed by atoms with Gasteiger partial charge in [-0.3, -0.25) is 0 Å². The van der Waals surface area contributed by atoms with Gasteiger partial charge in [-0.25, -0.2) is 4.79 Å². The van der Waals surface area contributed by atoms with Crippen molar-refractivity contribution in [3.8, 4) is 11.5 Å². The van der Waals surface area contributed by atoms with Gasteiger partial charge in [-0.2, -0.15) is 0 Å². The molecule has 6 nitrogen and oxygen atoms in total. The zero-order chi connectivity index (χ0) is 22.0. The summed E-state index contributed by atoms with van der Waals surface area (Å²) in [5.41, 5.74) is 2.21. The molecular formula is C25H35NO5. The van der Waals surface area contributed by atoms with Crippen LogP contribution in [0.15, 0.2) is 29.8 Å². The molecule has 1 amide bonds. The molecule has 2 bridgehead atoms. The van der Waals surface area contributed by atoms with Gasteiger partial charge in [0.2, 0.25) is 6.79 Å². The first-order valence-corrected chi connectivity index (χ1v) is 11.6. The molecule has 1 N–H and O–H groups in total. The molecule has 0 spiro atoms. The van der Waals surface area contributed by atoms with Crippen molar-refractivity contribution in [2.75, 3.05) is 26.6 Å². The number of ether oxygens (including phenoxy) is 4. The van der Waals surface area contributed by atoms with Gasteiger partial charge in [0.25, 0.3) is 0 Å². The molecule has 0 saturated carbocycles. The maximum absolute atomic E-state index is 12.3. The summed E-state index contributed by atoms with van der Waals surface area (Å²) in [6, 6.07) is 6.08. The molecule has 1 saturated heterocycles. The van der Waals surface area contributed by atoms with Crippen LogP contribution in [0.4, 0.5) is 4.79 Å². The predicted octanol–water partition coefficient (Wildman–Crippen LogP) is 5.24. The molecule has 3 aliphatic rings. The van der Waals surface area contributed by atoms with E-state index in [1.54, 1.807) is 0 Å². The first-order valence-electron chi connectivity index (χ1n) is 11.6. The molecule has 4 rings (SSSR count). The SMILES string of the molecule is CCCCCNC(=O)OC[C@@]12CO[C@H](c3ccc4c(c3)OCO4)[C@@H](C(C)=C[C@H]1C)[C@H]2C. The highest BCUT2D eigenvalue weighted by molar-refractivity contribution is 5.67. The number of amides is 1. The first kappa shape index (κ1) is 22.0. The lowest BCUT2D eigenvalue weighted by Gasteiger charge is -2.55. The quantitative estimate of drug-likeness (QED) is 0.474. The number of hydrogen-bond acceptors (Lipinski definition) is 5. The van der Waals surface area contributed by atoms with Gasteiger partial charge in [-0.15, -0.1) is 0 Å². The van der Waals surface area contributed by atoms with Crippen molar-refractivity contribution in [1.82, 2.24) is 5.32 Å². The van der Waals surface area contributed by atoms with Crippen molar-refractivity contribution >= 4 is 6.09 Å². The van der Waals surface area contributed by atoms with Gasteiger partial charge in [0.15, 0.2) is 11.5 Å². The van der Waals surface area contributed by atoms with Gasteiger partial charge >= 0.3 is 6.09 Å². The maximum Gasteiger partial charge on any atom is 0.407 e. The average Bonchev–Trinajstić information content (AvgIpc) is 3.22. The summed E-state index contributed by atoms with van der Waals surface area (Å²) in [6.45, 7) is 10.7. The smallest absolute Gasteiger partial charge is 0.407 e. The van der Waals surface area contributed by atoms with Crippen molar-refractivity contribution in [3.63, 3.8) is 0 Å². The highest BCUT2D eigenvalue weighted by atomic mass is 16.7. The number of allylic oxidation sites excluding steroid dienone is 1. The monoisotopic (exact) mass is 429 g/mol. The van der Waals surface area contributed by atoms with E-state index < -0.39 is 0 Å². The van der Waals surface area contributed by atoms with Crippen LogP contribution in [0.1, 0.15) is 58.6 Å². The zero-order valence-corrected chi connectivity index (χ0v) is 19.1. The fraction of sp³-hybridized carbons (Fsp3) is 0.640. The molecule has 31 heavy (non-hydrogen) atoms. The van der Waals surface area contributed by atoms with Crippen molar-refractivity contribution in [2.45, 2.75) is 53.1 Å². The summed E-state index contributed by atoms with van der Waals surface area (Å²) in [4.78, 5) is 12.3. The van der Waals surface area contributed by atoms with Gasteiger partial charge < -0.3 is 24.3 Å². The normalized spacial score (nSPS) is 31.2. The second kappa shape index (κ2) is 9.11. The van der Waals surface area contributed by atoms with Crippen LogP contribution in [0.5, 0.6) is 11.5 Å². The molecule has 1 aromatic rings. The number of rotatable bonds is 7. The summed E-state index contributed by atoms with van der Waals surface area (Å²) in [6.07, 6.45) is 5.18. The Labute approximate surface area is 185 Å². The van der Waals surface area contributed by atoms with Crippen LogP contribution in [-0.4, -0.2) is 32.6 Å². The molecule has 5 atom stereocenters. The van der Waals surface area contributed by atoms with E-state index in [1.165, 1.54) is 5.57 Å². The van der Waals surface area contributed by atoms with Crippen molar-refractivity contribution in [2.24, 2.45) is 23.2 Å². The van der Waals surface area contributed by atoms with Crippen LogP contribution in [0, 0.1) is 23.2 Å². The summed E-state index contributed by atoms with van der Waals surface area (Å²) in [5.74, 6) is 2.36. The Morgan fingerprint density at radius 1 is 1.23 bits per heavy atom.